The maximum Gasteiger partial charge on any atom is 0.242 e. The standard InChI is InChI=1S/C22H25N3OS/c1-5-20-21(26)25(14-19-9-7-6-8-16(19)3)22(27-20)24-23-13-18-11-10-15(2)12-17(18)4/h6-13,20H,5,14H2,1-4H3/b23-13-,24-22+/t20-/m0/s1. The minimum Gasteiger partial charge on any atom is -0.284 e. The lowest BCUT2D eigenvalue weighted by Crippen LogP contribution is -2.31. The number of hydrogen-bond acceptors (Lipinski definition) is 4. The fourth-order valence-electron chi connectivity index (χ4n) is 3.06. The number of carbonyl (C=O) groups is 1. The fraction of sp³-hybridized carbons (Fsp3) is 0.318. The molecule has 1 aliphatic rings. The van der Waals surface area contributed by atoms with Crippen molar-refractivity contribution in [3.05, 3.63) is 70.3 Å². The summed E-state index contributed by atoms with van der Waals surface area (Å²) in [7, 11) is 0. The highest BCUT2D eigenvalue weighted by atomic mass is 32.2. The van der Waals surface area contributed by atoms with Gasteiger partial charge in [-0.1, -0.05) is 66.7 Å². The normalized spacial score (nSPS) is 18.8. The van der Waals surface area contributed by atoms with Gasteiger partial charge in [0, 0.05) is 0 Å². The van der Waals surface area contributed by atoms with Crippen molar-refractivity contribution in [3.8, 4) is 0 Å². The third kappa shape index (κ3) is 4.48. The predicted octanol–water partition coefficient (Wildman–Crippen LogP) is 4.86. The van der Waals surface area contributed by atoms with E-state index >= 15 is 0 Å². The molecule has 4 nitrogen and oxygen atoms in total. The Morgan fingerprint density at radius 2 is 1.89 bits per heavy atom. The monoisotopic (exact) mass is 379 g/mol. The number of amides is 1. The quantitative estimate of drug-likeness (QED) is 0.550. The summed E-state index contributed by atoms with van der Waals surface area (Å²) in [6.07, 6.45) is 2.55. The summed E-state index contributed by atoms with van der Waals surface area (Å²) >= 11 is 1.51. The van der Waals surface area contributed by atoms with Crippen LogP contribution in [0.5, 0.6) is 0 Å². The van der Waals surface area contributed by atoms with Gasteiger partial charge in [0.2, 0.25) is 5.91 Å². The van der Waals surface area contributed by atoms with E-state index in [4.69, 9.17) is 0 Å². The lowest BCUT2D eigenvalue weighted by molar-refractivity contribution is -0.126. The molecule has 1 amide bonds. The van der Waals surface area contributed by atoms with Crippen molar-refractivity contribution in [1.29, 1.82) is 0 Å². The van der Waals surface area contributed by atoms with Crippen LogP contribution in [0.15, 0.2) is 52.7 Å². The SMILES string of the molecule is CC[C@@H]1S/C(=N/N=C\c2ccc(C)cc2C)N(Cc2ccccc2C)C1=O. The molecular formula is C22H25N3OS. The molecule has 1 saturated heterocycles. The van der Waals surface area contributed by atoms with Crippen LogP contribution >= 0.6 is 11.8 Å². The Kier molecular flexibility index (Phi) is 6.11. The number of benzene rings is 2. The van der Waals surface area contributed by atoms with Crippen molar-refractivity contribution in [2.75, 3.05) is 0 Å². The second-order valence-electron chi connectivity index (χ2n) is 6.85. The van der Waals surface area contributed by atoms with Crippen molar-refractivity contribution in [1.82, 2.24) is 4.90 Å². The van der Waals surface area contributed by atoms with Crippen LogP contribution in [0.3, 0.4) is 0 Å². The van der Waals surface area contributed by atoms with Crippen LogP contribution in [-0.4, -0.2) is 27.4 Å². The number of aryl methyl sites for hydroxylation is 3. The van der Waals surface area contributed by atoms with E-state index in [-0.39, 0.29) is 11.2 Å². The summed E-state index contributed by atoms with van der Waals surface area (Å²) in [5.74, 6) is 0.117. The molecule has 27 heavy (non-hydrogen) atoms. The van der Waals surface area contributed by atoms with Crippen molar-refractivity contribution in [3.63, 3.8) is 0 Å². The van der Waals surface area contributed by atoms with E-state index in [1.807, 2.05) is 25.1 Å². The average molecular weight is 380 g/mol. The molecule has 1 heterocycles. The first kappa shape index (κ1) is 19.4. The average Bonchev–Trinajstić information content (AvgIpc) is 2.94. The second kappa shape index (κ2) is 8.53. The van der Waals surface area contributed by atoms with Gasteiger partial charge >= 0.3 is 0 Å². The molecule has 0 aliphatic carbocycles. The zero-order valence-electron chi connectivity index (χ0n) is 16.3. The Hall–Kier alpha value is -2.40. The highest BCUT2D eigenvalue weighted by molar-refractivity contribution is 8.15. The van der Waals surface area contributed by atoms with Crippen molar-refractivity contribution in [2.24, 2.45) is 10.2 Å². The number of nitrogens with zero attached hydrogens (tertiary/aromatic N) is 3. The third-order valence-corrected chi connectivity index (χ3v) is 6.08. The van der Waals surface area contributed by atoms with Gasteiger partial charge in [0.25, 0.3) is 0 Å². The first-order valence-corrected chi connectivity index (χ1v) is 10.1. The van der Waals surface area contributed by atoms with Gasteiger partial charge < -0.3 is 0 Å². The van der Waals surface area contributed by atoms with E-state index < -0.39 is 0 Å². The van der Waals surface area contributed by atoms with Crippen LogP contribution in [0.1, 0.15) is 41.2 Å². The molecular weight excluding hydrogens is 354 g/mol. The van der Waals surface area contributed by atoms with Crippen molar-refractivity contribution < 1.29 is 4.79 Å². The van der Waals surface area contributed by atoms with Gasteiger partial charge in [-0.3, -0.25) is 9.69 Å². The molecule has 1 fully saturated rings. The number of thioether (sulfide) groups is 1. The number of carbonyl (C=O) groups excluding carboxylic acids is 1. The van der Waals surface area contributed by atoms with Gasteiger partial charge in [0.05, 0.1) is 18.0 Å². The summed E-state index contributed by atoms with van der Waals surface area (Å²) in [6.45, 7) is 8.77. The second-order valence-corrected chi connectivity index (χ2v) is 8.02. The maximum atomic E-state index is 12.8. The zero-order valence-corrected chi connectivity index (χ0v) is 17.1. The third-order valence-electron chi connectivity index (χ3n) is 4.75. The lowest BCUT2D eigenvalue weighted by atomic mass is 10.1. The van der Waals surface area contributed by atoms with Crippen molar-refractivity contribution >= 4 is 29.1 Å². The number of hydrogen-bond donors (Lipinski definition) is 0. The van der Waals surface area contributed by atoms with Crippen LogP contribution < -0.4 is 0 Å². The molecule has 3 rings (SSSR count). The molecule has 0 radical (unpaired) electrons. The molecule has 0 spiro atoms. The molecule has 2 aromatic carbocycles. The molecule has 0 bridgehead atoms. The minimum absolute atomic E-state index is 0.0796. The Balaban J connectivity index is 1.84. The predicted molar refractivity (Wildman–Crippen MR) is 114 cm³/mol. The molecule has 1 aliphatic heterocycles. The van der Waals surface area contributed by atoms with Crippen LogP contribution in [0, 0.1) is 20.8 Å². The Morgan fingerprint density at radius 1 is 1.11 bits per heavy atom. The molecule has 0 N–H and O–H groups in total. The highest BCUT2D eigenvalue weighted by Gasteiger charge is 2.37. The van der Waals surface area contributed by atoms with E-state index in [9.17, 15) is 4.79 Å². The summed E-state index contributed by atoms with van der Waals surface area (Å²) < 4.78 is 0. The van der Waals surface area contributed by atoms with E-state index in [1.165, 1.54) is 22.9 Å². The highest BCUT2D eigenvalue weighted by Crippen LogP contribution is 2.31. The summed E-state index contributed by atoms with van der Waals surface area (Å²) in [5, 5.41) is 9.27. The van der Waals surface area contributed by atoms with E-state index in [0.717, 1.165) is 23.1 Å². The Labute approximate surface area is 165 Å². The summed E-state index contributed by atoms with van der Waals surface area (Å²) in [6, 6.07) is 14.4. The smallest absolute Gasteiger partial charge is 0.242 e. The number of amidine groups is 1. The maximum absolute atomic E-state index is 12.8. The van der Waals surface area contributed by atoms with Crippen LogP contribution in [-0.2, 0) is 11.3 Å². The molecule has 0 unspecified atom stereocenters. The largest absolute Gasteiger partial charge is 0.284 e. The summed E-state index contributed by atoms with van der Waals surface area (Å²) in [4.78, 5) is 14.5. The van der Waals surface area contributed by atoms with E-state index in [2.05, 4.69) is 55.2 Å². The zero-order chi connectivity index (χ0) is 19.4. The van der Waals surface area contributed by atoms with E-state index in [0.29, 0.717) is 11.7 Å². The van der Waals surface area contributed by atoms with Gasteiger partial charge in [-0.25, -0.2) is 0 Å². The fourth-order valence-corrected chi connectivity index (χ4v) is 4.08. The van der Waals surface area contributed by atoms with Gasteiger partial charge in [-0.15, -0.1) is 5.10 Å². The topological polar surface area (TPSA) is 45.0 Å². The van der Waals surface area contributed by atoms with Gasteiger partial charge in [0.15, 0.2) is 5.17 Å². The number of rotatable bonds is 5. The van der Waals surface area contributed by atoms with Gasteiger partial charge in [-0.2, -0.15) is 5.10 Å². The van der Waals surface area contributed by atoms with Crippen molar-refractivity contribution in [2.45, 2.75) is 45.9 Å². The molecule has 0 aromatic heterocycles. The Bertz CT molecular complexity index is 904. The van der Waals surface area contributed by atoms with Crippen LogP contribution in [0.2, 0.25) is 0 Å². The van der Waals surface area contributed by atoms with Gasteiger partial charge in [-0.05, 0) is 49.4 Å². The van der Waals surface area contributed by atoms with Crippen LogP contribution in [0.25, 0.3) is 0 Å². The Morgan fingerprint density at radius 3 is 2.59 bits per heavy atom. The minimum atomic E-state index is -0.0796. The molecule has 5 heteroatoms. The summed E-state index contributed by atoms with van der Waals surface area (Å²) in [5.41, 5.74) is 5.74. The van der Waals surface area contributed by atoms with E-state index in [1.54, 1.807) is 11.1 Å². The van der Waals surface area contributed by atoms with Gasteiger partial charge in [0.1, 0.15) is 0 Å². The first-order valence-electron chi connectivity index (χ1n) is 9.20. The molecule has 0 saturated carbocycles. The first-order chi connectivity index (χ1) is 13.0. The molecule has 1 atom stereocenters. The van der Waals surface area contributed by atoms with Crippen LogP contribution in [0.4, 0.5) is 0 Å². The molecule has 140 valence electrons. The lowest BCUT2D eigenvalue weighted by Gasteiger charge is -2.17. The molecule has 2 aromatic rings.